The summed E-state index contributed by atoms with van der Waals surface area (Å²) in [4.78, 5) is 4.54. The van der Waals surface area contributed by atoms with Crippen LogP contribution in [0.25, 0.3) is 11.0 Å². The molecule has 2 N–H and O–H groups in total. The molecular weight excluding hydrogens is 226 g/mol. The van der Waals surface area contributed by atoms with Gasteiger partial charge >= 0.3 is 0 Å². The minimum Gasteiger partial charge on any atom is -0.377 e. The van der Waals surface area contributed by atoms with Crippen molar-refractivity contribution >= 4 is 11.0 Å². The van der Waals surface area contributed by atoms with Gasteiger partial charge in [-0.15, -0.1) is 0 Å². The van der Waals surface area contributed by atoms with Gasteiger partial charge in [-0.05, 0) is 32.9 Å². The summed E-state index contributed by atoms with van der Waals surface area (Å²) in [5.74, 6) is 0.985. The van der Waals surface area contributed by atoms with Crippen molar-refractivity contribution in [3.8, 4) is 0 Å². The van der Waals surface area contributed by atoms with Crippen LogP contribution in [0.5, 0.6) is 0 Å². The summed E-state index contributed by atoms with van der Waals surface area (Å²) in [7, 11) is 1.69. The van der Waals surface area contributed by atoms with Gasteiger partial charge in [0.05, 0.1) is 22.7 Å². The highest BCUT2D eigenvalue weighted by Crippen LogP contribution is 2.19. The van der Waals surface area contributed by atoms with E-state index >= 15 is 0 Å². The summed E-state index contributed by atoms with van der Waals surface area (Å²) in [6.07, 6.45) is 0. The number of ether oxygens (including phenoxy) is 1. The molecule has 2 aromatic rings. The number of imidazole rings is 1. The number of aromatic nitrogens is 2. The highest BCUT2D eigenvalue weighted by Gasteiger charge is 2.27. The average Bonchev–Trinajstić information content (AvgIpc) is 2.66. The van der Waals surface area contributed by atoms with Crippen molar-refractivity contribution in [1.29, 1.82) is 0 Å². The molecule has 2 rings (SSSR count). The molecule has 0 radical (unpaired) electrons. The number of para-hydroxylation sites is 2. The third-order valence-corrected chi connectivity index (χ3v) is 3.64. The smallest absolute Gasteiger partial charge is 0.106 e. The number of nitrogens with zero attached hydrogens (tertiary/aromatic N) is 2. The molecule has 0 bridgehead atoms. The Labute approximate surface area is 108 Å². The summed E-state index contributed by atoms with van der Waals surface area (Å²) in [5, 5.41) is 0. The first kappa shape index (κ1) is 13.1. The summed E-state index contributed by atoms with van der Waals surface area (Å²) >= 11 is 0. The molecule has 98 valence electrons. The lowest BCUT2D eigenvalue weighted by atomic mass is 9.99. The van der Waals surface area contributed by atoms with Crippen LogP contribution in [0.4, 0.5) is 0 Å². The van der Waals surface area contributed by atoms with Crippen LogP contribution >= 0.6 is 0 Å². The van der Waals surface area contributed by atoms with Gasteiger partial charge in [-0.25, -0.2) is 4.98 Å². The fourth-order valence-electron chi connectivity index (χ4n) is 1.99. The Morgan fingerprint density at radius 1 is 1.39 bits per heavy atom. The molecule has 1 aromatic heterocycles. The van der Waals surface area contributed by atoms with Gasteiger partial charge < -0.3 is 15.0 Å². The topological polar surface area (TPSA) is 53.1 Å². The van der Waals surface area contributed by atoms with Gasteiger partial charge in [0, 0.05) is 13.7 Å². The van der Waals surface area contributed by atoms with Crippen molar-refractivity contribution in [3.05, 3.63) is 30.1 Å². The Morgan fingerprint density at radius 2 is 2.06 bits per heavy atom. The van der Waals surface area contributed by atoms with Crippen molar-refractivity contribution in [3.63, 3.8) is 0 Å². The second-order valence-electron chi connectivity index (χ2n) is 5.17. The van der Waals surface area contributed by atoms with Crippen LogP contribution in [0.3, 0.4) is 0 Å². The summed E-state index contributed by atoms with van der Waals surface area (Å²) < 4.78 is 7.59. The first-order chi connectivity index (χ1) is 8.45. The molecule has 4 nitrogen and oxygen atoms in total. The second kappa shape index (κ2) is 4.71. The Kier molecular flexibility index (Phi) is 3.41. The predicted octanol–water partition coefficient (Wildman–Crippen LogP) is 2.10. The number of benzene rings is 1. The van der Waals surface area contributed by atoms with E-state index in [4.69, 9.17) is 10.5 Å². The Bertz CT molecular complexity index is 545. The molecule has 18 heavy (non-hydrogen) atoms. The number of aryl methyl sites for hydroxylation is 1. The van der Waals surface area contributed by atoms with Crippen LogP contribution in [0, 0.1) is 6.92 Å². The molecule has 4 heteroatoms. The van der Waals surface area contributed by atoms with Crippen molar-refractivity contribution < 1.29 is 4.74 Å². The molecule has 0 aliphatic rings. The highest BCUT2D eigenvalue weighted by atomic mass is 16.5. The van der Waals surface area contributed by atoms with Gasteiger partial charge in [0.25, 0.3) is 0 Å². The van der Waals surface area contributed by atoms with E-state index in [1.54, 1.807) is 7.11 Å². The zero-order valence-corrected chi connectivity index (χ0v) is 11.5. The van der Waals surface area contributed by atoms with Gasteiger partial charge in [-0.1, -0.05) is 12.1 Å². The van der Waals surface area contributed by atoms with E-state index < -0.39 is 0 Å². The predicted molar refractivity (Wildman–Crippen MR) is 73.5 cm³/mol. The molecular formula is C14H21N3O. The van der Waals surface area contributed by atoms with Crippen LogP contribution in [-0.2, 0) is 11.3 Å². The Morgan fingerprint density at radius 3 is 2.72 bits per heavy atom. The lowest BCUT2D eigenvalue weighted by Gasteiger charge is -2.30. The number of nitrogens with two attached hydrogens (primary N) is 1. The summed E-state index contributed by atoms with van der Waals surface area (Å²) in [6, 6.07) is 8.03. The van der Waals surface area contributed by atoms with E-state index in [9.17, 15) is 0 Å². The third kappa shape index (κ3) is 2.26. The number of methoxy groups -OCH3 is 1. The maximum Gasteiger partial charge on any atom is 0.106 e. The monoisotopic (exact) mass is 247 g/mol. The minimum absolute atomic E-state index is 0.0844. The van der Waals surface area contributed by atoms with Crippen molar-refractivity contribution in [2.75, 3.05) is 7.11 Å². The van der Waals surface area contributed by atoms with Gasteiger partial charge in [-0.2, -0.15) is 0 Å². The van der Waals surface area contributed by atoms with Crippen LogP contribution < -0.4 is 5.73 Å². The zero-order valence-electron chi connectivity index (χ0n) is 11.5. The molecule has 1 heterocycles. The number of hydrogen-bond donors (Lipinski definition) is 1. The molecule has 0 aliphatic carbocycles. The third-order valence-electron chi connectivity index (χ3n) is 3.64. The fourth-order valence-corrected chi connectivity index (χ4v) is 1.99. The molecule has 1 aromatic carbocycles. The van der Waals surface area contributed by atoms with Crippen LogP contribution in [0.15, 0.2) is 24.3 Å². The molecule has 0 fully saturated rings. The van der Waals surface area contributed by atoms with Crippen molar-refractivity contribution in [2.24, 2.45) is 5.73 Å². The number of fused-ring (bicyclic) bond motifs is 1. The van der Waals surface area contributed by atoms with Gasteiger partial charge in [0.1, 0.15) is 5.82 Å². The maximum atomic E-state index is 6.24. The Hall–Kier alpha value is -1.39. The molecule has 0 amide bonds. The molecule has 0 saturated carbocycles. The SMILES string of the molecule is COC(C)(C)C(N)Cn1c(C)nc2ccccc21. The van der Waals surface area contributed by atoms with Gasteiger partial charge in [-0.3, -0.25) is 0 Å². The lowest BCUT2D eigenvalue weighted by molar-refractivity contribution is -0.00345. The lowest BCUT2D eigenvalue weighted by Crippen LogP contribution is -2.47. The van der Waals surface area contributed by atoms with E-state index in [0.717, 1.165) is 16.9 Å². The molecule has 0 saturated heterocycles. The van der Waals surface area contributed by atoms with Gasteiger partial charge in [0.2, 0.25) is 0 Å². The largest absolute Gasteiger partial charge is 0.377 e. The fraction of sp³-hybridized carbons (Fsp3) is 0.500. The van der Waals surface area contributed by atoms with Crippen molar-refractivity contribution in [2.45, 2.75) is 39.0 Å². The van der Waals surface area contributed by atoms with Crippen LogP contribution in [-0.4, -0.2) is 28.3 Å². The molecule has 0 aliphatic heterocycles. The van der Waals surface area contributed by atoms with E-state index in [1.165, 1.54) is 0 Å². The highest BCUT2D eigenvalue weighted by molar-refractivity contribution is 5.75. The Balaban J connectivity index is 2.35. The quantitative estimate of drug-likeness (QED) is 0.900. The molecule has 1 atom stereocenters. The van der Waals surface area contributed by atoms with Crippen LogP contribution in [0.2, 0.25) is 0 Å². The number of hydrogen-bond acceptors (Lipinski definition) is 3. The summed E-state index contributed by atoms with van der Waals surface area (Å²) in [5.41, 5.74) is 8.02. The van der Waals surface area contributed by atoms with Crippen molar-refractivity contribution in [1.82, 2.24) is 9.55 Å². The first-order valence-corrected chi connectivity index (χ1v) is 6.18. The summed E-state index contributed by atoms with van der Waals surface area (Å²) in [6.45, 7) is 6.72. The average molecular weight is 247 g/mol. The second-order valence-corrected chi connectivity index (χ2v) is 5.17. The normalized spacial score (nSPS) is 14.1. The minimum atomic E-state index is -0.349. The zero-order chi connectivity index (χ0) is 13.3. The van der Waals surface area contributed by atoms with E-state index in [0.29, 0.717) is 6.54 Å². The van der Waals surface area contributed by atoms with E-state index in [1.807, 2.05) is 39.0 Å². The number of rotatable bonds is 4. The standard InChI is InChI=1S/C14H21N3O/c1-10-16-11-7-5-6-8-12(11)17(10)9-13(15)14(2,3)18-4/h5-8,13H,9,15H2,1-4H3. The molecule has 0 spiro atoms. The van der Waals surface area contributed by atoms with E-state index in [-0.39, 0.29) is 11.6 Å². The van der Waals surface area contributed by atoms with E-state index in [2.05, 4.69) is 15.6 Å². The first-order valence-electron chi connectivity index (χ1n) is 6.18. The van der Waals surface area contributed by atoms with Crippen LogP contribution in [0.1, 0.15) is 19.7 Å². The molecule has 1 unspecified atom stereocenters. The maximum absolute atomic E-state index is 6.24. The van der Waals surface area contributed by atoms with Gasteiger partial charge in [0.15, 0.2) is 0 Å².